The number of para-hydroxylation sites is 2. The molecule has 4 heteroatoms. The van der Waals surface area contributed by atoms with E-state index >= 15 is 0 Å². The zero-order valence-corrected chi connectivity index (χ0v) is 20.9. The van der Waals surface area contributed by atoms with Crippen molar-refractivity contribution in [3.05, 3.63) is 146 Å². The Morgan fingerprint density at radius 3 is 1.36 bits per heavy atom. The predicted octanol–water partition coefficient (Wildman–Crippen LogP) is 6.11. The first kappa shape index (κ1) is 23.5. The molecule has 3 nitrogen and oxygen atoms in total. The Bertz CT molecular complexity index is 1350. The summed E-state index contributed by atoms with van der Waals surface area (Å²) in [6.07, 6.45) is 0. The van der Waals surface area contributed by atoms with Crippen LogP contribution in [0.3, 0.4) is 0 Å². The quantitative estimate of drug-likeness (QED) is 0.258. The van der Waals surface area contributed by atoms with E-state index in [1.165, 1.54) is 6.92 Å². The van der Waals surface area contributed by atoms with Crippen LogP contribution in [0.1, 0.15) is 6.92 Å². The van der Waals surface area contributed by atoms with Crippen LogP contribution in [-0.4, -0.2) is 5.97 Å². The van der Waals surface area contributed by atoms with Gasteiger partial charge in [-0.1, -0.05) is 0 Å². The molecule has 0 aromatic heterocycles. The van der Waals surface area contributed by atoms with Gasteiger partial charge in [-0.3, -0.25) is 0 Å². The Morgan fingerprint density at radius 2 is 0.917 bits per heavy atom. The topological polar surface area (TPSA) is 35.5 Å². The second-order valence-corrected chi connectivity index (χ2v) is 12.8. The van der Waals surface area contributed by atoms with Crippen molar-refractivity contribution in [1.29, 1.82) is 0 Å². The van der Waals surface area contributed by atoms with Gasteiger partial charge in [0.05, 0.1) is 0 Å². The van der Waals surface area contributed by atoms with Gasteiger partial charge < -0.3 is 0 Å². The van der Waals surface area contributed by atoms with Crippen LogP contribution in [-0.2, 0) is 9.32 Å². The molecule has 0 amide bonds. The van der Waals surface area contributed by atoms with E-state index in [-0.39, 0.29) is 5.97 Å². The van der Waals surface area contributed by atoms with E-state index in [0.717, 1.165) is 21.2 Å². The maximum atomic E-state index is 13.2. The Morgan fingerprint density at radius 1 is 0.528 bits per heavy atom. The molecule has 0 heterocycles. The number of carbonyl (C=O) groups is 1. The van der Waals surface area contributed by atoms with Crippen LogP contribution in [0.15, 0.2) is 146 Å². The molecule has 0 saturated carbocycles. The van der Waals surface area contributed by atoms with Gasteiger partial charge in [0.1, 0.15) is 0 Å². The number of hydrogen-bond acceptors (Lipinski definition) is 3. The van der Waals surface area contributed by atoms with Gasteiger partial charge in [0.2, 0.25) is 0 Å². The summed E-state index contributed by atoms with van der Waals surface area (Å²) in [4.78, 5) is 13.2. The molecule has 36 heavy (non-hydrogen) atoms. The molecule has 0 aliphatic rings. The van der Waals surface area contributed by atoms with Gasteiger partial charge in [0.15, 0.2) is 0 Å². The number of carbonyl (C=O) groups excluding carboxylic acids is 1. The zero-order chi connectivity index (χ0) is 24.9. The molecule has 5 aromatic rings. The Hall–Kier alpha value is -4.20. The number of benzene rings is 5. The molecular formula is C32H27O3P. The number of rotatable bonds is 7. The molecule has 0 atom stereocenters. The van der Waals surface area contributed by atoms with Crippen LogP contribution < -0.4 is 26.0 Å². The summed E-state index contributed by atoms with van der Waals surface area (Å²) >= 11 is 0. The van der Waals surface area contributed by atoms with Crippen LogP contribution >= 0.6 is 6.83 Å². The summed E-state index contributed by atoms with van der Waals surface area (Å²) in [6, 6.07) is 47.8. The van der Waals surface area contributed by atoms with E-state index in [0.29, 0.717) is 11.5 Å². The molecule has 5 aromatic carbocycles. The summed E-state index contributed by atoms with van der Waals surface area (Å²) in [5.74, 6) is 0.983. The second-order valence-electron chi connectivity index (χ2n) is 8.51. The third kappa shape index (κ3) is 3.79. The molecule has 0 radical (unpaired) electrons. The van der Waals surface area contributed by atoms with Gasteiger partial charge in [0.25, 0.3) is 0 Å². The minimum absolute atomic E-state index is 0.362. The summed E-state index contributed by atoms with van der Waals surface area (Å²) in [5.41, 5.74) is 0. The molecule has 0 aliphatic carbocycles. The summed E-state index contributed by atoms with van der Waals surface area (Å²) in [6.45, 7) is -2.64. The normalized spacial score (nSPS) is 12.2. The van der Waals surface area contributed by atoms with E-state index in [1.54, 1.807) is 0 Å². The average Bonchev–Trinajstić information content (AvgIpc) is 2.94. The third-order valence-corrected chi connectivity index (χ3v) is 12.1. The Balaban J connectivity index is 2.00. The van der Waals surface area contributed by atoms with E-state index in [1.807, 2.05) is 109 Å². The Labute approximate surface area is 212 Å². The molecule has 0 fully saturated rings. The molecule has 5 rings (SSSR count). The van der Waals surface area contributed by atoms with Crippen LogP contribution in [0.2, 0.25) is 0 Å². The summed E-state index contributed by atoms with van der Waals surface area (Å²) in [5, 5.41) is 3.58. The van der Waals surface area contributed by atoms with Crippen molar-refractivity contribution < 1.29 is 14.1 Å². The first-order valence-corrected chi connectivity index (χ1v) is 14.0. The second kappa shape index (κ2) is 9.81. The van der Waals surface area contributed by atoms with Crippen molar-refractivity contribution in [2.75, 3.05) is 0 Å². The van der Waals surface area contributed by atoms with Crippen LogP contribution in [0, 0.1) is 0 Å². The van der Waals surface area contributed by atoms with Crippen LogP contribution in [0.4, 0.5) is 0 Å². The molecule has 178 valence electrons. The minimum atomic E-state index is -4.12. The van der Waals surface area contributed by atoms with Gasteiger partial charge in [-0.05, 0) is 0 Å². The van der Waals surface area contributed by atoms with Gasteiger partial charge >= 0.3 is 212 Å². The molecule has 0 N–H and O–H groups in total. The zero-order valence-electron chi connectivity index (χ0n) is 20.0. The summed E-state index contributed by atoms with van der Waals surface area (Å²) < 4.78 is 13.4. The third-order valence-electron chi connectivity index (χ3n) is 6.35. The fraction of sp³-hybridized carbons (Fsp3) is 0.0312. The molecule has 0 unspecified atom stereocenters. The number of hydrogen-bond donors (Lipinski definition) is 0. The van der Waals surface area contributed by atoms with Crippen molar-refractivity contribution in [1.82, 2.24) is 0 Å². The fourth-order valence-electron chi connectivity index (χ4n) is 4.98. The maximum absolute atomic E-state index is 13.2. The molecule has 0 bridgehead atoms. The first-order chi connectivity index (χ1) is 17.6. The van der Waals surface area contributed by atoms with E-state index < -0.39 is 6.83 Å². The SMILES string of the molecule is CC(=O)OP(c1ccccc1)(c1ccccc1)(c1ccccc1)c1ccccc1Oc1ccccc1. The fourth-order valence-corrected chi connectivity index (χ4v) is 10.8. The van der Waals surface area contributed by atoms with Crippen molar-refractivity contribution in [3.63, 3.8) is 0 Å². The molecule has 0 spiro atoms. The van der Waals surface area contributed by atoms with Crippen LogP contribution in [0.5, 0.6) is 11.5 Å². The monoisotopic (exact) mass is 490 g/mol. The molecular weight excluding hydrogens is 463 g/mol. The van der Waals surface area contributed by atoms with Crippen molar-refractivity contribution in [2.24, 2.45) is 0 Å². The number of ether oxygens (including phenoxy) is 1. The van der Waals surface area contributed by atoms with Crippen molar-refractivity contribution in [3.8, 4) is 11.5 Å². The standard InChI is InChI=1S/C32H27O3P/c1-26(33)35-36(28-18-8-3-9-19-28,29-20-10-4-11-21-29,30-22-12-5-13-23-30)32-25-15-14-24-31(32)34-27-16-6-2-7-17-27/h2-25H,1H3. The molecule has 0 saturated heterocycles. The van der Waals surface area contributed by atoms with E-state index in [2.05, 4.69) is 36.4 Å². The van der Waals surface area contributed by atoms with Gasteiger partial charge in [0, 0.05) is 0 Å². The van der Waals surface area contributed by atoms with E-state index in [9.17, 15) is 4.79 Å². The summed E-state index contributed by atoms with van der Waals surface area (Å²) in [7, 11) is 0. The van der Waals surface area contributed by atoms with Gasteiger partial charge in [-0.2, -0.15) is 0 Å². The Kier molecular flexibility index (Phi) is 6.41. The van der Waals surface area contributed by atoms with Gasteiger partial charge in [-0.15, -0.1) is 0 Å². The van der Waals surface area contributed by atoms with E-state index in [4.69, 9.17) is 9.26 Å². The predicted molar refractivity (Wildman–Crippen MR) is 150 cm³/mol. The van der Waals surface area contributed by atoms with Gasteiger partial charge in [-0.25, -0.2) is 0 Å². The van der Waals surface area contributed by atoms with Crippen molar-refractivity contribution >= 4 is 34.0 Å². The average molecular weight is 491 g/mol. The molecule has 0 aliphatic heterocycles. The first-order valence-electron chi connectivity index (χ1n) is 11.9. The van der Waals surface area contributed by atoms with Crippen molar-refractivity contribution in [2.45, 2.75) is 6.92 Å². The van der Waals surface area contributed by atoms with Crippen LogP contribution in [0.25, 0.3) is 0 Å².